The lowest BCUT2D eigenvalue weighted by molar-refractivity contribution is -0.382. The van der Waals surface area contributed by atoms with Gasteiger partial charge in [0, 0.05) is 31.2 Å². The fraction of sp³-hybridized carbons (Fsp3) is 0.227. The zero-order valence-electron chi connectivity index (χ0n) is 17.4. The van der Waals surface area contributed by atoms with E-state index >= 15 is 0 Å². The molecule has 0 amide bonds. The fourth-order valence-electron chi connectivity index (χ4n) is 3.65. The van der Waals surface area contributed by atoms with Crippen LogP contribution in [0.3, 0.4) is 0 Å². The summed E-state index contributed by atoms with van der Waals surface area (Å²) in [6.07, 6.45) is 3.93. The van der Waals surface area contributed by atoms with E-state index in [2.05, 4.69) is 20.6 Å². The maximum Gasteiger partial charge on any atom is 0.323 e. The van der Waals surface area contributed by atoms with Crippen molar-refractivity contribution in [3.05, 3.63) is 76.6 Å². The number of aliphatic hydroxyl groups excluding tert-OH is 1. The summed E-state index contributed by atoms with van der Waals surface area (Å²) < 4.78 is 4.94. The number of hydrogen-bond donors (Lipinski definition) is 2. The van der Waals surface area contributed by atoms with Gasteiger partial charge in [-0.3, -0.25) is 15.1 Å². The lowest BCUT2D eigenvalue weighted by atomic mass is 10.1. The first-order valence-electron chi connectivity index (χ1n) is 10.1. The van der Waals surface area contributed by atoms with Gasteiger partial charge in [-0.2, -0.15) is 0 Å². The molecule has 2 N–H and O–H groups in total. The number of benzene rings is 2. The lowest BCUT2D eigenvalue weighted by Crippen LogP contribution is -2.22. The van der Waals surface area contributed by atoms with E-state index in [9.17, 15) is 10.1 Å². The smallest absolute Gasteiger partial charge is 0.323 e. The van der Waals surface area contributed by atoms with E-state index in [0.717, 1.165) is 11.3 Å². The molecule has 0 radical (unpaired) electrons. The van der Waals surface area contributed by atoms with E-state index in [-0.39, 0.29) is 35.1 Å². The van der Waals surface area contributed by atoms with E-state index in [1.807, 2.05) is 54.3 Å². The third kappa shape index (κ3) is 4.08. The summed E-state index contributed by atoms with van der Waals surface area (Å²) in [7, 11) is 0. The van der Waals surface area contributed by atoms with Gasteiger partial charge >= 0.3 is 5.69 Å². The zero-order chi connectivity index (χ0) is 22.5. The van der Waals surface area contributed by atoms with Gasteiger partial charge in [0.1, 0.15) is 5.69 Å². The Labute approximate surface area is 183 Å². The Bertz CT molecular complexity index is 1200. The highest BCUT2D eigenvalue weighted by Crippen LogP contribution is 2.43. The second-order valence-corrected chi connectivity index (χ2v) is 7.18. The number of para-hydroxylation sites is 1. The minimum atomic E-state index is -0.505. The summed E-state index contributed by atoms with van der Waals surface area (Å²) in [5.41, 5.74) is 2.81. The number of fused-ring (bicyclic) bond motifs is 1. The first-order chi connectivity index (χ1) is 15.6. The molecule has 32 heavy (non-hydrogen) atoms. The Balaban J connectivity index is 1.93. The lowest BCUT2D eigenvalue weighted by Gasteiger charge is -2.32. The van der Waals surface area contributed by atoms with Crippen LogP contribution in [0.2, 0.25) is 0 Å². The highest BCUT2D eigenvalue weighted by atomic mass is 16.6. The third-order valence-corrected chi connectivity index (χ3v) is 5.17. The molecule has 0 spiro atoms. The number of aromatic nitrogens is 3. The number of nitrogens with one attached hydrogen (secondary N) is 1. The van der Waals surface area contributed by atoms with E-state index in [0.29, 0.717) is 18.7 Å². The summed E-state index contributed by atoms with van der Waals surface area (Å²) >= 11 is 0. The number of hydrogen-bond acceptors (Lipinski definition) is 9. The summed E-state index contributed by atoms with van der Waals surface area (Å²) in [5.74, 6) is 0. The van der Waals surface area contributed by atoms with Gasteiger partial charge in [0.2, 0.25) is 5.52 Å². The summed E-state index contributed by atoms with van der Waals surface area (Å²) in [4.78, 5) is 17.6. The number of nitrogens with zero attached hydrogens (tertiary/aromatic N) is 5. The highest BCUT2D eigenvalue weighted by Gasteiger charge is 2.30. The van der Waals surface area contributed by atoms with Crippen LogP contribution in [0.5, 0.6) is 0 Å². The first kappa shape index (κ1) is 21.2. The second kappa shape index (κ2) is 9.40. The van der Waals surface area contributed by atoms with Gasteiger partial charge in [-0.1, -0.05) is 24.3 Å². The van der Waals surface area contributed by atoms with Crippen molar-refractivity contribution in [1.29, 1.82) is 0 Å². The molecule has 1 unspecified atom stereocenters. The Hall–Kier alpha value is -4.05. The number of nitro benzene ring substituents is 1. The van der Waals surface area contributed by atoms with Crippen LogP contribution in [0.25, 0.3) is 11.0 Å². The van der Waals surface area contributed by atoms with Crippen molar-refractivity contribution < 1.29 is 14.7 Å². The molecular weight excluding hydrogens is 412 g/mol. The predicted octanol–water partition coefficient (Wildman–Crippen LogP) is 4.22. The molecule has 10 nitrogen and oxygen atoms in total. The van der Waals surface area contributed by atoms with Crippen LogP contribution in [0.15, 0.2) is 65.6 Å². The van der Waals surface area contributed by atoms with Gasteiger partial charge in [0.15, 0.2) is 5.52 Å². The molecule has 0 aliphatic carbocycles. The Morgan fingerprint density at radius 1 is 1.19 bits per heavy atom. The first-order valence-corrected chi connectivity index (χ1v) is 10.1. The summed E-state index contributed by atoms with van der Waals surface area (Å²) in [5, 5.41) is 31.9. The van der Waals surface area contributed by atoms with E-state index in [4.69, 9.17) is 9.74 Å². The third-order valence-electron chi connectivity index (χ3n) is 5.17. The monoisotopic (exact) mass is 434 g/mol. The van der Waals surface area contributed by atoms with Crippen LogP contribution < -0.4 is 10.2 Å². The average Bonchev–Trinajstić information content (AvgIpc) is 3.30. The van der Waals surface area contributed by atoms with Crippen molar-refractivity contribution >= 4 is 33.8 Å². The van der Waals surface area contributed by atoms with Gasteiger partial charge in [0.25, 0.3) is 0 Å². The number of rotatable bonds is 9. The minimum absolute atomic E-state index is 0.0321. The molecule has 0 saturated heterocycles. The van der Waals surface area contributed by atoms with Crippen molar-refractivity contribution in [1.82, 2.24) is 15.3 Å². The number of pyridine rings is 1. The Morgan fingerprint density at radius 2 is 1.97 bits per heavy atom. The molecule has 10 heteroatoms. The van der Waals surface area contributed by atoms with Gasteiger partial charge in [-0.05, 0) is 53.5 Å². The van der Waals surface area contributed by atoms with Crippen LogP contribution in [0.1, 0.15) is 24.9 Å². The zero-order valence-corrected chi connectivity index (χ0v) is 17.4. The van der Waals surface area contributed by atoms with Crippen LogP contribution in [-0.4, -0.2) is 38.5 Å². The predicted molar refractivity (Wildman–Crippen MR) is 120 cm³/mol. The van der Waals surface area contributed by atoms with Gasteiger partial charge in [0.05, 0.1) is 16.7 Å². The quantitative estimate of drug-likeness (QED) is 0.226. The highest BCUT2D eigenvalue weighted by molar-refractivity contribution is 6.01. The van der Waals surface area contributed by atoms with Crippen molar-refractivity contribution in [3.8, 4) is 0 Å². The number of aliphatic hydroxyl groups is 1. The summed E-state index contributed by atoms with van der Waals surface area (Å²) in [6, 6.07) is 15.0. The van der Waals surface area contributed by atoms with Crippen LogP contribution in [0, 0.1) is 10.1 Å². The number of nitro groups is 1. The minimum Gasteiger partial charge on any atom is -0.396 e. The fourth-order valence-corrected chi connectivity index (χ4v) is 3.65. The molecule has 1 atom stereocenters. The Morgan fingerprint density at radius 3 is 2.66 bits per heavy atom. The van der Waals surface area contributed by atoms with Crippen molar-refractivity contribution in [2.45, 2.75) is 19.4 Å². The maximum atomic E-state index is 11.9. The molecule has 0 fully saturated rings. The van der Waals surface area contributed by atoms with Gasteiger partial charge in [-0.25, -0.2) is 4.63 Å². The molecular formula is C22H22N6O4. The van der Waals surface area contributed by atoms with Crippen LogP contribution in [-0.2, 0) is 0 Å². The average molecular weight is 434 g/mol. The molecule has 2 aromatic heterocycles. The second-order valence-electron chi connectivity index (χ2n) is 7.18. The van der Waals surface area contributed by atoms with E-state index in [1.165, 1.54) is 0 Å². The molecule has 0 saturated carbocycles. The standard InChI is InChI=1S/C22H22N6O4/c1-15(16-7-5-10-23-14-16)27(17-8-3-2-4-9-17)19-13-18(24-11-6-12-29)22(28(30)31)21-20(19)25-32-26-21/h2-5,7-10,13-15,24,29H,6,11-12H2,1H3. The van der Waals surface area contributed by atoms with Crippen LogP contribution >= 0.6 is 0 Å². The van der Waals surface area contributed by atoms with E-state index in [1.54, 1.807) is 18.5 Å². The molecule has 2 heterocycles. The van der Waals surface area contributed by atoms with Crippen molar-refractivity contribution in [2.75, 3.05) is 23.4 Å². The molecule has 164 valence electrons. The SMILES string of the molecule is CC(c1cccnc1)N(c1ccccc1)c1cc(NCCCO)c([N+](=O)[O-])c2nonc12. The van der Waals surface area contributed by atoms with Gasteiger partial charge < -0.3 is 15.3 Å². The van der Waals surface area contributed by atoms with Crippen molar-refractivity contribution in [2.24, 2.45) is 0 Å². The molecule has 0 bridgehead atoms. The van der Waals surface area contributed by atoms with Gasteiger partial charge in [-0.15, -0.1) is 0 Å². The normalized spacial score (nSPS) is 11.9. The van der Waals surface area contributed by atoms with E-state index < -0.39 is 4.92 Å². The number of anilines is 3. The van der Waals surface area contributed by atoms with Crippen molar-refractivity contribution in [3.63, 3.8) is 0 Å². The molecule has 4 aromatic rings. The Kier molecular flexibility index (Phi) is 6.22. The molecule has 2 aromatic carbocycles. The molecule has 4 rings (SSSR count). The summed E-state index contributed by atoms with van der Waals surface area (Å²) in [6.45, 7) is 2.34. The maximum absolute atomic E-state index is 11.9. The largest absolute Gasteiger partial charge is 0.396 e. The molecule has 0 aliphatic heterocycles. The van der Waals surface area contributed by atoms with Crippen LogP contribution in [0.4, 0.5) is 22.7 Å². The topological polar surface area (TPSA) is 130 Å². The molecule has 0 aliphatic rings.